The van der Waals surface area contributed by atoms with Crippen LogP contribution in [0.5, 0.6) is 0 Å². The Bertz CT molecular complexity index is 142. The largest absolute Gasteiger partial charge is 1.00 e. The first-order valence-corrected chi connectivity index (χ1v) is 9.50. The Balaban J connectivity index is -0.00000180. The summed E-state index contributed by atoms with van der Waals surface area (Å²) in [7, 11) is 0. The van der Waals surface area contributed by atoms with E-state index in [0.717, 1.165) is 12.8 Å². The molecule has 0 aliphatic rings. The smallest absolute Gasteiger partial charge is 0.343 e. The zero-order valence-electron chi connectivity index (χ0n) is 16.1. The molecule has 0 aliphatic heterocycles. The van der Waals surface area contributed by atoms with Crippen molar-refractivity contribution in [1.82, 2.24) is 0 Å². The van der Waals surface area contributed by atoms with Crippen molar-refractivity contribution in [3.8, 4) is 0 Å². The van der Waals surface area contributed by atoms with Crippen LogP contribution in [0, 0.1) is 13.8 Å². The summed E-state index contributed by atoms with van der Waals surface area (Å²) in [5, 5.41) is 0. The molecule has 0 rings (SSSR count). The number of hydrogen-bond donors (Lipinski definition) is 0. The molecule has 0 nitrogen and oxygen atoms in total. The fourth-order valence-corrected chi connectivity index (χ4v) is 2.83. The van der Waals surface area contributed by atoms with Gasteiger partial charge in [-0.2, -0.15) is 12.8 Å². The van der Waals surface area contributed by atoms with Crippen molar-refractivity contribution in [3.63, 3.8) is 0 Å². The van der Waals surface area contributed by atoms with Gasteiger partial charge in [-0.1, -0.05) is 103 Å². The van der Waals surface area contributed by atoms with Crippen molar-refractivity contribution in [3.05, 3.63) is 13.8 Å². The minimum absolute atomic E-state index is 0. The molecular weight excluding hydrogens is 254 g/mol. The first-order valence-electron chi connectivity index (χ1n) is 9.50. The maximum Gasteiger partial charge on any atom is 1.00 e. The van der Waals surface area contributed by atoms with Gasteiger partial charge in [-0.15, -0.1) is 0 Å². The second-order valence-electron chi connectivity index (χ2n) is 6.36. The second-order valence-corrected chi connectivity index (χ2v) is 6.36. The van der Waals surface area contributed by atoms with Crippen molar-refractivity contribution < 1.29 is 37.7 Å². The summed E-state index contributed by atoms with van der Waals surface area (Å²) >= 11 is 0. The van der Waals surface area contributed by atoms with Crippen molar-refractivity contribution in [2.45, 2.75) is 116 Å². The van der Waals surface area contributed by atoms with Crippen LogP contribution in [0.2, 0.25) is 0 Å². The predicted octanol–water partition coefficient (Wildman–Crippen LogP) is 1.68. The van der Waals surface area contributed by atoms with Crippen LogP contribution in [-0.2, 0) is 0 Å². The quantitative estimate of drug-likeness (QED) is 0.218. The molecule has 0 spiro atoms. The van der Waals surface area contributed by atoms with E-state index in [1.807, 2.05) is 0 Å². The van der Waals surface area contributed by atoms with Gasteiger partial charge in [-0.3, -0.25) is 0 Å². The molecule has 0 radical (unpaired) electrons. The molecule has 122 valence electrons. The Hall–Kier alpha value is 1.19. The molecule has 0 fully saturated rings. The zero-order chi connectivity index (χ0) is 14.7. The van der Waals surface area contributed by atoms with Crippen LogP contribution in [0.25, 0.3) is 0 Å². The van der Waals surface area contributed by atoms with Gasteiger partial charge in [0.15, 0.2) is 0 Å². The summed E-state index contributed by atoms with van der Waals surface area (Å²) < 4.78 is 0. The molecular formula is C20H40Li2. The van der Waals surface area contributed by atoms with E-state index in [2.05, 4.69) is 13.8 Å². The molecule has 0 unspecified atom stereocenters. The molecule has 0 aliphatic carbocycles. The molecule has 0 aromatic carbocycles. The molecule has 2 heteroatoms. The van der Waals surface area contributed by atoms with Gasteiger partial charge >= 0.3 is 37.7 Å². The average molecular weight is 294 g/mol. The molecule has 0 saturated heterocycles. The van der Waals surface area contributed by atoms with Crippen molar-refractivity contribution in [2.75, 3.05) is 0 Å². The minimum atomic E-state index is 0. The van der Waals surface area contributed by atoms with Gasteiger partial charge in [0.25, 0.3) is 0 Å². The maximum atomic E-state index is 3.89. The first-order chi connectivity index (χ1) is 9.91. The van der Waals surface area contributed by atoms with E-state index in [9.17, 15) is 0 Å². The van der Waals surface area contributed by atoms with E-state index in [-0.39, 0.29) is 37.7 Å². The van der Waals surface area contributed by atoms with E-state index in [0.29, 0.717) is 0 Å². The van der Waals surface area contributed by atoms with Crippen molar-refractivity contribution >= 4 is 0 Å². The third kappa shape index (κ3) is 26.1. The van der Waals surface area contributed by atoms with E-state index in [4.69, 9.17) is 0 Å². The topological polar surface area (TPSA) is 0 Å². The number of unbranched alkanes of at least 4 members (excludes halogenated alkanes) is 17. The summed E-state index contributed by atoms with van der Waals surface area (Å²) in [5.41, 5.74) is 0. The summed E-state index contributed by atoms with van der Waals surface area (Å²) in [6, 6.07) is 0. The molecule has 0 amide bonds. The third-order valence-corrected chi connectivity index (χ3v) is 4.25. The molecule has 0 heterocycles. The molecule has 0 atom stereocenters. The third-order valence-electron chi connectivity index (χ3n) is 4.25. The monoisotopic (exact) mass is 294 g/mol. The van der Waals surface area contributed by atoms with Crippen LogP contribution in [0.3, 0.4) is 0 Å². The van der Waals surface area contributed by atoms with Crippen LogP contribution in [0.4, 0.5) is 0 Å². The van der Waals surface area contributed by atoms with Gasteiger partial charge in [-0.05, 0) is 0 Å². The fourth-order valence-electron chi connectivity index (χ4n) is 2.83. The molecule has 0 N–H and O–H groups in total. The summed E-state index contributed by atoms with van der Waals surface area (Å²) in [6.07, 6.45) is 25.2. The normalized spacial score (nSPS) is 10.1. The van der Waals surface area contributed by atoms with E-state index in [1.165, 1.54) is 103 Å². The molecule has 0 bridgehead atoms. The van der Waals surface area contributed by atoms with Gasteiger partial charge < -0.3 is 13.8 Å². The zero-order valence-corrected chi connectivity index (χ0v) is 16.1. The SMILES string of the molecule is [CH2-]CCCCCCCCCCCCCCCCCC[CH2-].[Li+].[Li+]. The Kier molecular flexibility index (Phi) is 34.5. The number of hydrogen-bond acceptors (Lipinski definition) is 0. The van der Waals surface area contributed by atoms with E-state index >= 15 is 0 Å². The Morgan fingerprint density at radius 3 is 0.545 bits per heavy atom. The van der Waals surface area contributed by atoms with E-state index < -0.39 is 0 Å². The summed E-state index contributed by atoms with van der Waals surface area (Å²) in [6.45, 7) is 7.78. The van der Waals surface area contributed by atoms with E-state index in [1.54, 1.807) is 0 Å². The van der Waals surface area contributed by atoms with Crippen LogP contribution in [0.1, 0.15) is 116 Å². The summed E-state index contributed by atoms with van der Waals surface area (Å²) in [5.74, 6) is 0. The summed E-state index contributed by atoms with van der Waals surface area (Å²) in [4.78, 5) is 0. The second kappa shape index (κ2) is 27.1. The maximum absolute atomic E-state index is 3.89. The Morgan fingerprint density at radius 2 is 0.409 bits per heavy atom. The van der Waals surface area contributed by atoms with Crippen LogP contribution in [-0.4, -0.2) is 0 Å². The molecule has 0 aromatic heterocycles. The van der Waals surface area contributed by atoms with Gasteiger partial charge in [0.2, 0.25) is 0 Å². The van der Waals surface area contributed by atoms with Crippen molar-refractivity contribution in [1.29, 1.82) is 0 Å². The molecule has 22 heavy (non-hydrogen) atoms. The molecule has 0 aromatic rings. The van der Waals surface area contributed by atoms with Crippen LogP contribution < -0.4 is 37.7 Å². The van der Waals surface area contributed by atoms with Gasteiger partial charge in [0, 0.05) is 0 Å². The van der Waals surface area contributed by atoms with Crippen molar-refractivity contribution in [2.24, 2.45) is 0 Å². The Labute approximate surface area is 166 Å². The number of rotatable bonds is 17. The first kappa shape index (κ1) is 28.0. The standard InChI is InChI=1S/C20H40.2Li/c1-3-5-7-9-11-13-15-17-19-20-18-16-14-12-10-8-6-4-2;;/h1-20H2;;/q-2;2*+1. The van der Waals surface area contributed by atoms with Crippen LogP contribution in [0.15, 0.2) is 0 Å². The van der Waals surface area contributed by atoms with Gasteiger partial charge in [0.05, 0.1) is 0 Å². The van der Waals surface area contributed by atoms with Crippen LogP contribution >= 0.6 is 0 Å². The average Bonchev–Trinajstić information content (AvgIpc) is 2.47. The molecule has 0 saturated carbocycles. The predicted molar refractivity (Wildman–Crippen MR) is 93.8 cm³/mol. The Morgan fingerprint density at radius 1 is 0.273 bits per heavy atom. The fraction of sp³-hybridized carbons (Fsp3) is 0.900. The van der Waals surface area contributed by atoms with Gasteiger partial charge in [0.1, 0.15) is 0 Å². The minimum Gasteiger partial charge on any atom is -0.343 e. The van der Waals surface area contributed by atoms with Gasteiger partial charge in [-0.25, -0.2) is 0 Å².